The van der Waals surface area contributed by atoms with Crippen LogP contribution >= 0.6 is 23.8 Å². The molecule has 2 aromatic rings. The van der Waals surface area contributed by atoms with Crippen molar-refractivity contribution < 1.29 is 4.74 Å². The number of rotatable bonds is 2. The van der Waals surface area contributed by atoms with Gasteiger partial charge in [-0.3, -0.25) is 4.98 Å². The van der Waals surface area contributed by atoms with Crippen molar-refractivity contribution in [3.63, 3.8) is 0 Å². The van der Waals surface area contributed by atoms with Crippen LogP contribution in [0.25, 0.3) is 10.8 Å². The molecule has 0 radical (unpaired) electrons. The lowest BCUT2D eigenvalue weighted by molar-refractivity contribution is 0.179. The van der Waals surface area contributed by atoms with Crippen LogP contribution in [0.5, 0.6) is 5.75 Å². The van der Waals surface area contributed by atoms with E-state index in [2.05, 4.69) is 16.0 Å². The second-order valence-corrected chi connectivity index (χ2v) is 5.74. The highest BCUT2D eigenvalue weighted by Gasteiger charge is 2.24. The van der Waals surface area contributed by atoms with E-state index in [4.69, 9.17) is 28.6 Å². The number of ether oxygens (including phenoxy) is 1. The molecule has 5 heteroatoms. The maximum Gasteiger partial charge on any atom is 0.130 e. The number of nitrogens with zero attached hydrogens (tertiary/aromatic N) is 2. The number of hydrogen-bond donors (Lipinski definition) is 0. The van der Waals surface area contributed by atoms with Crippen LogP contribution in [-0.4, -0.2) is 40.4 Å². The predicted molar refractivity (Wildman–Crippen MR) is 85.8 cm³/mol. The highest BCUT2D eigenvalue weighted by molar-refractivity contribution is 7.80. The summed E-state index contributed by atoms with van der Waals surface area (Å²) in [4.78, 5) is 7.03. The standard InChI is InChI=1S/C15H15ClN2OS/c1-18-9-12(2-4-16)19-14-7-11-8-17-5-3-10(11)6-13(14)15(18)20/h3,5-8,12H,2,4,9H2,1H3. The Balaban J connectivity index is 2.11. The maximum atomic E-state index is 6.10. The summed E-state index contributed by atoms with van der Waals surface area (Å²) in [5, 5.41) is 2.18. The van der Waals surface area contributed by atoms with E-state index < -0.39 is 0 Å². The van der Waals surface area contributed by atoms with Gasteiger partial charge >= 0.3 is 0 Å². The Kier molecular flexibility index (Phi) is 3.76. The van der Waals surface area contributed by atoms with Crippen LogP contribution in [0.1, 0.15) is 12.0 Å². The minimum Gasteiger partial charge on any atom is -0.488 e. The van der Waals surface area contributed by atoms with E-state index in [1.54, 1.807) is 6.20 Å². The van der Waals surface area contributed by atoms with Gasteiger partial charge in [0.05, 0.1) is 12.1 Å². The molecule has 1 unspecified atom stereocenters. The molecule has 0 saturated heterocycles. The number of benzene rings is 1. The Morgan fingerprint density at radius 3 is 3.10 bits per heavy atom. The molecule has 0 spiro atoms. The number of halogens is 1. The molecule has 0 saturated carbocycles. The summed E-state index contributed by atoms with van der Waals surface area (Å²) in [5.74, 6) is 1.41. The van der Waals surface area contributed by atoms with E-state index in [0.29, 0.717) is 5.88 Å². The third kappa shape index (κ3) is 2.45. The Labute approximate surface area is 128 Å². The molecule has 3 rings (SSSR count). The zero-order chi connectivity index (χ0) is 14.1. The molecule has 2 heterocycles. The summed E-state index contributed by atoms with van der Waals surface area (Å²) in [6.07, 6.45) is 4.49. The van der Waals surface area contributed by atoms with Crippen LogP contribution in [0.3, 0.4) is 0 Å². The molecule has 0 amide bonds. The zero-order valence-corrected chi connectivity index (χ0v) is 12.7. The molecule has 1 atom stereocenters. The van der Waals surface area contributed by atoms with Crippen LogP contribution in [0.4, 0.5) is 0 Å². The summed E-state index contributed by atoms with van der Waals surface area (Å²) in [5.41, 5.74) is 0.971. The van der Waals surface area contributed by atoms with Gasteiger partial charge in [0, 0.05) is 30.7 Å². The summed E-state index contributed by atoms with van der Waals surface area (Å²) < 4.78 is 6.10. The van der Waals surface area contributed by atoms with Crippen molar-refractivity contribution in [2.75, 3.05) is 19.5 Å². The van der Waals surface area contributed by atoms with Crippen LogP contribution in [0.2, 0.25) is 0 Å². The molecule has 20 heavy (non-hydrogen) atoms. The number of likely N-dealkylation sites (N-methyl/N-ethyl adjacent to an activating group) is 1. The molecule has 3 nitrogen and oxygen atoms in total. The topological polar surface area (TPSA) is 25.4 Å². The lowest BCUT2D eigenvalue weighted by Crippen LogP contribution is -2.33. The van der Waals surface area contributed by atoms with Crippen molar-refractivity contribution in [2.45, 2.75) is 12.5 Å². The number of hydrogen-bond acceptors (Lipinski definition) is 3. The van der Waals surface area contributed by atoms with Crippen LogP contribution < -0.4 is 4.74 Å². The number of alkyl halides is 1. The molecule has 0 bridgehead atoms. The second-order valence-electron chi connectivity index (χ2n) is 4.97. The van der Waals surface area contributed by atoms with Gasteiger partial charge in [0.1, 0.15) is 16.8 Å². The highest BCUT2D eigenvalue weighted by atomic mass is 35.5. The predicted octanol–water partition coefficient (Wildman–Crippen LogP) is 3.23. The molecular weight excluding hydrogens is 292 g/mol. The number of thiocarbonyl (C=S) groups is 1. The molecule has 0 aliphatic carbocycles. The van der Waals surface area contributed by atoms with E-state index in [0.717, 1.165) is 40.0 Å². The molecule has 1 aliphatic rings. The molecule has 1 aliphatic heterocycles. The first-order valence-electron chi connectivity index (χ1n) is 6.55. The lowest BCUT2D eigenvalue weighted by Gasteiger charge is -2.20. The van der Waals surface area contributed by atoms with Crippen molar-refractivity contribution in [2.24, 2.45) is 0 Å². The Morgan fingerprint density at radius 2 is 2.30 bits per heavy atom. The monoisotopic (exact) mass is 306 g/mol. The van der Waals surface area contributed by atoms with Crippen LogP contribution in [-0.2, 0) is 0 Å². The Bertz CT molecular complexity index is 661. The Hall–Kier alpha value is -1.39. The van der Waals surface area contributed by atoms with E-state index in [1.807, 2.05) is 25.4 Å². The minimum atomic E-state index is 0.0609. The maximum absolute atomic E-state index is 6.10. The molecule has 104 valence electrons. The Morgan fingerprint density at radius 1 is 1.45 bits per heavy atom. The summed E-state index contributed by atoms with van der Waals surface area (Å²) >= 11 is 11.4. The molecular formula is C15H15ClN2OS. The molecule has 0 fully saturated rings. The van der Waals surface area contributed by atoms with Gasteiger partial charge in [-0.15, -0.1) is 11.6 Å². The average Bonchev–Trinajstić information content (AvgIpc) is 2.55. The number of pyridine rings is 1. The van der Waals surface area contributed by atoms with Gasteiger partial charge in [-0.05, 0) is 30.0 Å². The van der Waals surface area contributed by atoms with Crippen molar-refractivity contribution >= 4 is 39.6 Å². The summed E-state index contributed by atoms with van der Waals surface area (Å²) in [6.45, 7) is 0.759. The smallest absolute Gasteiger partial charge is 0.130 e. The normalized spacial score (nSPS) is 18.6. The van der Waals surface area contributed by atoms with Crippen LogP contribution in [0, 0.1) is 0 Å². The van der Waals surface area contributed by atoms with Gasteiger partial charge in [0.2, 0.25) is 0 Å². The van der Waals surface area contributed by atoms with Crippen molar-refractivity contribution in [1.82, 2.24) is 9.88 Å². The van der Waals surface area contributed by atoms with Gasteiger partial charge in [0.15, 0.2) is 0 Å². The molecule has 1 aromatic carbocycles. The summed E-state index contributed by atoms with van der Waals surface area (Å²) in [6, 6.07) is 6.08. The average molecular weight is 307 g/mol. The fraction of sp³-hybridized carbons (Fsp3) is 0.333. The number of fused-ring (bicyclic) bond motifs is 2. The van der Waals surface area contributed by atoms with Gasteiger partial charge in [-0.25, -0.2) is 0 Å². The molecule has 0 N–H and O–H groups in total. The van der Waals surface area contributed by atoms with E-state index >= 15 is 0 Å². The number of aromatic nitrogens is 1. The third-order valence-corrected chi connectivity index (χ3v) is 4.27. The van der Waals surface area contributed by atoms with Crippen molar-refractivity contribution in [1.29, 1.82) is 0 Å². The zero-order valence-electron chi connectivity index (χ0n) is 11.2. The van der Waals surface area contributed by atoms with E-state index in [-0.39, 0.29) is 6.10 Å². The van der Waals surface area contributed by atoms with Crippen molar-refractivity contribution in [3.05, 3.63) is 36.2 Å². The highest BCUT2D eigenvalue weighted by Crippen LogP contribution is 2.30. The first-order valence-corrected chi connectivity index (χ1v) is 7.49. The van der Waals surface area contributed by atoms with Gasteiger partial charge in [-0.2, -0.15) is 0 Å². The molecule has 1 aromatic heterocycles. The van der Waals surface area contributed by atoms with Crippen LogP contribution in [0.15, 0.2) is 30.6 Å². The second kappa shape index (κ2) is 5.54. The first kappa shape index (κ1) is 13.6. The van der Waals surface area contributed by atoms with E-state index in [9.17, 15) is 0 Å². The van der Waals surface area contributed by atoms with Gasteiger partial charge in [0.25, 0.3) is 0 Å². The summed E-state index contributed by atoms with van der Waals surface area (Å²) in [7, 11) is 2.00. The largest absolute Gasteiger partial charge is 0.488 e. The quantitative estimate of drug-likeness (QED) is 0.628. The van der Waals surface area contributed by atoms with Gasteiger partial charge in [-0.1, -0.05) is 12.2 Å². The minimum absolute atomic E-state index is 0.0609. The SMILES string of the molecule is CN1CC(CCCl)Oc2cc3cnccc3cc2C1=S. The lowest BCUT2D eigenvalue weighted by atomic mass is 10.1. The van der Waals surface area contributed by atoms with Gasteiger partial charge < -0.3 is 9.64 Å². The fourth-order valence-electron chi connectivity index (χ4n) is 2.46. The van der Waals surface area contributed by atoms with E-state index in [1.165, 1.54) is 0 Å². The fourth-order valence-corrected chi connectivity index (χ4v) is 2.94. The third-order valence-electron chi connectivity index (χ3n) is 3.52. The van der Waals surface area contributed by atoms with Crippen molar-refractivity contribution in [3.8, 4) is 5.75 Å². The first-order chi connectivity index (χ1) is 9.69.